The van der Waals surface area contributed by atoms with Gasteiger partial charge in [0.2, 0.25) is 21.8 Å². The molecule has 0 spiro atoms. The number of thiophene rings is 1. The summed E-state index contributed by atoms with van der Waals surface area (Å²) in [7, 11) is -2.17. The molecule has 0 fully saturated rings. The van der Waals surface area contributed by atoms with Gasteiger partial charge in [-0.1, -0.05) is 6.07 Å². The second-order valence-corrected chi connectivity index (χ2v) is 8.33. The second-order valence-electron chi connectivity index (χ2n) is 5.38. The molecule has 7 nitrogen and oxygen atoms in total. The summed E-state index contributed by atoms with van der Waals surface area (Å²) >= 11 is 1.08. The summed E-state index contributed by atoms with van der Waals surface area (Å²) in [6.07, 6.45) is -0.0784. The molecule has 2 aromatic rings. The fraction of sp³-hybridized carbons (Fsp3) is 0.250. The topological polar surface area (TPSA) is 95.6 Å². The van der Waals surface area contributed by atoms with E-state index < -0.39 is 21.7 Å². The van der Waals surface area contributed by atoms with E-state index in [-0.39, 0.29) is 29.6 Å². The van der Waals surface area contributed by atoms with E-state index in [9.17, 15) is 22.4 Å². The minimum absolute atomic E-state index is 0.0665. The molecule has 0 radical (unpaired) electrons. The number of hydrogen-bond acceptors (Lipinski definition) is 5. The summed E-state index contributed by atoms with van der Waals surface area (Å²) in [5, 5.41) is 4.19. The molecule has 0 aliphatic heterocycles. The van der Waals surface area contributed by atoms with E-state index in [1.807, 2.05) is 0 Å². The van der Waals surface area contributed by atoms with Crippen molar-refractivity contribution in [3.63, 3.8) is 0 Å². The number of hydrogen-bond donors (Lipinski definition) is 2. The largest absolute Gasteiger partial charge is 0.336 e. The number of nitrogens with one attached hydrogen (secondary N) is 2. The van der Waals surface area contributed by atoms with E-state index in [2.05, 4.69) is 10.0 Å². The van der Waals surface area contributed by atoms with Crippen molar-refractivity contribution >= 4 is 38.9 Å². The lowest BCUT2D eigenvalue weighted by Gasteiger charge is -2.17. The van der Waals surface area contributed by atoms with Gasteiger partial charge in [0.1, 0.15) is 10.0 Å². The number of benzene rings is 1. The molecule has 0 saturated heterocycles. The predicted molar refractivity (Wildman–Crippen MR) is 96.8 cm³/mol. The van der Waals surface area contributed by atoms with Gasteiger partial charge in [0, 0.05) is 25.7 Å². The molecule has 0 bridgehead atoms. The van der Waals surface area contributed by atoms with Gasteiger partial charge in [0.25, 0.3) is 0 Å². The molecule has 1 heterocycles. The molecule has 1 aromatic heterocycles. The van der Waals surface area contributed by atoms with Gasteiger partial charge in [-0.2, -0.15) is 0 Å². The van der Waals surface area contributed by atoms with Gasteiger partial charge in [-0.25, -0.2) is 17.5 Å². The maximum Gasteiger partial charge on any atom is 0.250 e. The van der Waals surface area contributed by atoms with Crippen molar-refractivity contribution in [3.05, 3.63) is 47.6 Å². The van der Waals surface area contributed by atoms with Crippen LogP contribution in [0.4, 0.5) is 10.1 Å². The molecule has 26 heavy (non-hydrogen) atoms. The number of rotatable bonds is 8. The molecule has 140 valence electrons. The summed E-state index contributed by atoms with van der Waals surface area (Å²) in [6, 6.07) is 8.34. The van der Waals surface area contributed by atoms with Gasteiger partial charge in [-0.15, -0.1) is 11.3 Å². The Morgan fingerprint density at radius 3 is 2.50 bits per heavy atom. The smallest absolute Gasteiger partial charge is 0.250 e. The van der Waals surface area contributed by atoms with Crippen LogP contribution in [0.5, 0.6) is 0 Å². The van der Waals surface area contributed by atoms with Crippen molar-refractivity contribution < 1.29 is 22.4 Å². The molecule has 0 atom stereocenters. The molecular weight excluding hydrogens is 381 g/mol. The molecule has 0 aliphatic carbocycles. The van der Waals surface area contributed by atoms with E-state index in [1.54, 1.807) is 11.4 Å². The summed E-state index contributed by atoms with van der Waals surface area (Å²) in [4.78, 5) is 25.1. The van der Waals surface area contributed by atoms with E-state index in [0.29, 0.717) is 5.69 Å². The van der Waals surface area contributed by atoms with Crippen molar-refractivity contribution in [1.29, 1.82) is 0 Å². The first-order chi connectivity index (χ1) is 12.3. The highest BCUT2D eigenvalue weighted by molar-refractivity contribution is 7.91. The van der Waals surface area contributed by atoms with Gasteiger partial charge in [-0.3, -0.25) is 9.59 Å². The highest BCUT2D eigenvalue weighted by atomic mass is 32.2. The van der Waals surface area contributed by atoms with Crippen molar-refractivity contribution in [3.8, 4) is 0 Å². The van der Waals surface area contributed by atoms with E-state index in [1.165, 1.54) is 42.3 Å². The number of likely N-dealkylation sites (N-methyl/N-ethyl adjacent to an activating group) is 1. The number of sulfonamides is 1. The monoisotopic (exact) mass is 399 g/mol. The highest BCUT2D eigenvalue weighted by Crippen LogP contribution is 2.15. The lowest BCUT2D eigenvalue weighted by Crippen LogP contribution is -2.37. The Kier molecular flexibility index (Phi) is 6.83. The van der Waals surface area contributed by atoms with Crippen LogP contribution in [-0.2, 0) is 19.6 Å². The van der Waals surface area contributed by atoms with Gasteiger partial charge < -0.3 is 10.2 Å². The SMILES string of the molecule is CN(CC(=O)Nc1ccc(F)cc1)C(=O)CCNS(=O)(=O)c1cccs1. The maximum absolute atomic E-state index is 12.8. The average Bonchev–Trinajstić information content (AvgIpc) is 3.12. The number of halogens is 1. The zero-order chi connectivity index (χ0) is 19.2. The quantitative estimate of drug-likeness (QED) is 0.706. The number of nitrogens with zero attached hydrogens (tertiary/aromatic N) is 1. The Morgan fingerprint density at radius 2 is 1.88 bits per heavy atom. The van der Waals surface area contributed by atoms with Gasteiger partial charge in [0.05, 0.1) is 6.54 Å². The first-order valence-electron chi connectivity index (χ1n) is 7.60. The van der Waals surface area contributed by atoms with Crippen molar-refractivity contribution in [2.24, 2.45) is 0 Å². The van der Waals surface area contributed by atoms with E-state index >= 15 is 0 Å². The molecule has 0 aliphatic rings. The summed E-state index contributed by atoms with van der Waals surface area (Å²) in [6.45, 7) is -0.267. The van der Waals surface area contributed by atoms with Crippen LogP contribution in [0.1, 0.15) is 6.42 Å². The summed E-state index contributed by atoms with van der Waals surface area (Å²) in [5.41, 5.74) is 0.418. The van der Waals surface area contributed by atoms with Crippen LogP contribution >= 0.6 is 11.3 Å². The average molecular weight is 399 g/mol. The van der Waals surface area contributed by atoms with Gasteiger partial charge in [0.15, 0.2) is 0 Å². The number of amides is 2. The third kappa shape index (κ3) is 5.90. The highest BCUT2D eigenvalue weighted by Gasteiger charge is 2.17. The van der Waals surface area contributed by atoms with Crippen LogP contribution in [0.25, 0.3) is 0 Å². The van der Waals surface area contributed by atoms with Crippen LogP contribution in [0, 0.1) is 5.82 Å². The molecule has 1 aromatic carbocycles. The first-order valence-corrected chi connectivity index (χ1v) is 9.97. The molecule has 0 saturated carbocycles. The summed E-state index contributed by atoms with van der Waals surface area (Å²) in [5.74, 6) is -1.24. The van der Waals surface area contributed by atoms with Crippen LogP contribution in [-0.4, -0.2) is 45.3 Å². The fourth-order valence-corrected chi connectivity index (χ4v) is 4.08. The predicted octanol–water partition coefficient (Wildman–Crippen LogP) is 1.65. The molecule has 2 N–H and O–H groups in total. The molecule has 0 unspecified atom stereocenters. The third-order valence-electron chi connectivity index (χ3n) is 3.33. The Hall–Kier alpha value is -2.30. The zero-order valence-electron chi connectivity index (χ0n) is 13.9. The summed E-state index contributed by atoms with van der Waals surface area (Å²) < 4.78 is 39.2. The standard InChI is InChI=1S/C16H18FN3O4S2/c1-20(11-14(21)19-13-6-4-12(17)5-7-13)15(22)8-9-18-26(23,24)16-3-2-10-25-16/h2-7,10,18H,8-9,11H2,1H3,(H,19,21). The number of carbonyl (C=O) groups is 2. The minimum atomic E-state index is -3.62. The molecular formula is C16H18FN3O4S2. The Bertz CT molecular complexity index is 852. The van der Waals surface area contributed by atoms with Crippen molar-refractivity contribution in [1.82, 2.24) is 9.62 Å². The zero-order valence-corrected chi connectivity index (χ0v) is 15.6. The second kappa shape index (κ2) is 8.88. The minimum Gasteiger partial charge on any atom is -0.336 e. The molecule has 10 heteroatoms. The number of anilines is 1. The Labute approximate surface area is 154 Å². The number of carbonyl (C=O) groups excluding carboxylic acids is 2. The Balaban J connectivity index is 1.76. The van der Waals surface area contributed by atoms with Gasteiger partial charge >= 0.3 is 0 Å². The fourth-order valence-electron chi connectivity index (χ4n) is 2.01. The maximum atomic E-state index is 12.8. The molecule has 2 amide bonds. The van der Waals surface area contributed by atoms with Gasteiger partial charge in [-0.05, 0) is 35.7 Å². The van der Waals surface area contributed by atoms with Crippen LogP contribution in [0.15, 0.2) is 46.0 Å². The third-order valence-corrected chi connectivity index (χ3v) is 6.18. The lowest BCUT2D eigenvalue weighted by atomic mass is 10.3. The van der Waals surface area contributed by atoms with E-state index in [0.717, 1.165) is 11.3 Å². The van der Waals surface area contributed by atoms with Crippen molar-refractivity contribution in [2.75, 3.05) is 25.5 Å². The Morgan fingerprint density at radius 1 is 1.19 bits per heavy atom. The van der Waals surface area contributed by atoms with Crippen LogP contribution < -0.4 is 10.0 Å². The van der Waals surface area contributed by atoms with Crippen molar-refractivity contribution in [2.45, 2.75) is 10.6 Å². The molecule has 2 rings (SSSR count). The van der Waals surface area contributed by atoms with Crippen LogP contribution in [0.2, 0.25) is 0 Å². The normalized spacial score (nSPS) is 11.2. The lowest BCUT2D eigenvalue weighted by molar-refractivity contribution is -0.133. The van der Waals surface area contributed by atoms with Crippen LogP contribution in [0.3, 0.4) is 0 Å². The first kappa shape index (κ1) is 20.0. The van der Waals surface area contributed by atoms with E-state index in [4.69, 9.17) is 0 Å².